The summed E-state index contributed by atoms with van der Waals surface area (Å²) < 4.78 is 9.42. The van der Waals surface area contributed by atoms with Gasteiger partial charge in [-0.05, 0) is 19.3 Å². The molecule has 0 aromatic rings. The number of rotatable bonds is 6. The van der Waals surface area contributed by atoms with Gasteiger partial charge in [0, 0.05) is 13.8 Å². The van der Waals surface area contributed by atoms with Crippen molar-refractivity contribution in [3.8, 4) is 0 Å². The van der Waals surface area contributed by atoms with Crippen LogP contribution in [0, 0.1) is 5.92 Å². The second kappa shape index (κ2) is 6.58. The zero-order valence-electron chi connectivity index (χ0n) is 12.0. The van der Waals surface area contributed by atoms with Crippen molar-refractivity contribution in [1.82, 2.24) is 5.32 Å². The molecule has 2 N–H and O–H groups in total. The van der Waals surface area contributed by atoms with Gasteiger partial charge in [-0.2, -0.15) is 0 Å². The van der Waals surface area contributed by atoms with Crippen molar-refractivity contribution in [2.45, 2.75) is 58.3 Å². The molecule has 0 spiro atoms. The van der Waals surface area contributed by atoms with Gasteiger partial charge in [0.25, 0.3) is 0 Å². The lowest BCUT2D eigenvalue weighted by atomic mass is 9.76. The first-order chi connectivity index (χ1) is 9.23. The summed E-state index contributed by atoms with van der Waals surface area (Å²) in [5, 5.41) is 11.6. The molecule has 1 aliphatic carbocycles. The van der Waals surface area contributed by atoms with Crippen molar-refractivity contribution in [3.63, 3.8) is 0 Å². The minimum Gasteiger partial charge on any atom is -0.480 e. The van der Waals surface area contributed by atoms with Crippen LogP contribution in [0.1, 0.15) is 46.5 Å². The average molecular weight is 287 g/mol. The number of nitrogens with one attached hydrogen (secondary N) is 1. The summed E-state index contributed by atoms with van der Waals surface area (Å²) >= 11 is 0. The summed E-state index contributed by atoms with van der Waals surface area (Å²) in [6.07, 6.45) is 1.43. The third-order valence-electron chi connectivity index (χ3n) is 3.38. The Morgan fingerprint density at radius 2 is 1.95 bits per heavy atom. The van der Waals surface area contributed by atoms with Crippen molar-refractivity contribution >= 4 is 18.0 Å². The number of hydrogen-bond donors (Lipinski definition) is 2. The highest BCUT2D eigenvalue weighted by atomic mass is 16.7. The van der Waals surface area contributed by atoms with E-state index in [0.29, 0.717) is 12.3 Å². The molecule has 0 saturated heterocycles. The Kier molecular flexibility index (Phi) is 5.35. The van der Waals surface area contributed by atoms with Gasteiger partial charge in [-0.3, -0.25) is 4.79 Å². The van der Waals surface area contributed by atoms with Gasteiger partial charge >= 0.3 is 18.0 Å². The van der Waals surface area contributed by atoms with Gasteiger partial charge in [-0.15, -0.1) is 0 Å². The van der Waals surface area contributed by atoms with Gasteiger partial charge in [-0.1, -0.05) is 19.3 Å². The van der Waals surface area contributed by atoms with Gasteiger partial charge in [-0.25, -0.2) is 9.59 Å². The molecule has 1 aliphatic rings. The molecule has 7 heteroatoms. The molecule has 0 aromatic carbocycles. The smallest absolute Gasteiger partial charge is 0.411 e. The minimum atomic E-state index is -1.38. The summed E-state index contributed by atoms with van der Waals surface area (Å²) in [4.78, 5) is 33.7. The van der Waals surface area contributed by atoms with Crippen LogP contribution >= 0.6 is 0 Å². The summed E-state index contributed by atoms with van der Waals surface area (Å²) in [6, 6.07) is 0. The van der Waals surface area contributed by atoms with Crippen LogP contribution in [0.4, 0.5) is 4.79 Å². The van der Waals surface area contributed by atoms with Crippen molar-refractivity contribution < 1.29 is 29.0 Å². The standard InChI is InChI=1S/C13H21NO6/c1-8(15)19-9(2)20-12(18)14-13(3,11(16)17)7-10-5-4-6-10/h9-10H,4-7H2,1-3H3,(H,14,18)(H,16,17)/t9-,13-/m0/s1. The predicted molar refractivity (Wildman–Crippen MR) is 68.8 cm³/mol. The van der Waals surface area contributed by atoms with Crippen molar-refractivity contribution in [2.24, 2.45) is 5.92 Å². The lowest BCUT2D eigenvalue weighted by Crippen LogP contribution is -2.54. The third kappa shape index (κ3) is 4.71. The number of hydrogen-bond acceptors (Lipinski definition) is 5. The van der Waals surface area contributed by atoms with Crippen LogP contribution in [0.5, 0.6) is 0 Å². The van der Waals surface area contributed by atoms with E-state index in [2.05, 4.69) is 10.1 Å². The minimum absolute atomic E-state index is 0.308. The van der Waals surface area contributed by atoms with E-state index in [1.165, 1.54) is 20.8 Å². The molecule has 0 bridgehead atoms. The number of aliphatic carboxylic acids is 1. The molecule has 2 atom stereocenters. The van der Waals surface area contributed by atoms with Gasteiger partial charge < -0.3 is 19.9 Å². The number of amides is 1. The van der Waals surface area contributed by atoms with Crippen LogP contribution in [0.3, 0.4) is 0 Å². The molecule has 7 nitrogen and oxygen atoms in total. The SMILES string of the molecule is CC(=O)O[C@H](C)OC(=O)N[C@@](C)(CC1CCC1)C(=O)O. The second-order valence-electron chi connectivity index (χ2n) is 5.35. The normalized spacial score (nSPS) is 19.1. The van der Waals surface area contributed by atoms with Gasteiger partial charge in [0.05, 0.1) is 0 Å². The number of esters is 1. The summed E-state index contributed by atoms with van der Waals surface area (Å²) in [5.41, 5.74) is -1.38. The van der Waals surface area contributed by atoms with Crippen molar-refractivity contribution in [1.29, 1.82) is 0 Å². The summed E-state index contributed by atoms with van der Waals surface area (Å²) in [5.74, 6) is -1.38. The van der Waals surface area contributed by atoms with Gasteiger partial charge in [0.1, 0.15) is 5.54 Å². The first kappa shape index (κ1) is 16.3. The Hall–Kier alpha value is -1.79. The number of ether oxygens (including phenoxy) is 2. The Labute approximate surface area is 117 Å². The molecule has 1 saturated carbocycles. The second-order valence-corrected chi connectivity index (χ2v) is 5.35. The first-order valence-electron chi connectivity index (χ1n) is 6.62. The molecular formula is C13H21NO6. The fourth-order valence-corrected chi connectivity index (χ4v) is 2.13. The fraction of sp³-hybridized carbons (Fsp3) is 0.769. The zero-order valence-corrected chi connectivity index (χ0v) is 12.0. The molecule has 0 radical (unpaired) electrons. The van der Waals surface area contributed by atoms with E-state index < -0.39 is 29.9 Å². The molecule has 1 amide bonds. The van der Waals surface area contributed by atoms with Crippen LogP contribution in [0.25, 0.3) is 0 Å². The molecule has 0 aliphatic heterocycles. The van der Waals surface area contributed by atoms with E-state index in [1.54, 1.807) is 0 Å². The third-order valence-corrected chi connectivity index (χ3v) is 3.38. The largest absolute Gasteiger partial charge is 0.480 e. The van der Waals surface area contributed by atoms with Crippen LogP contribution in [-0.2, 0) is 19.1 Å². The topological polar surface area (TPSA) is 102 Å². The number of carboxylic acid groups (broad SMARTS) is 1. The van der Waals surface area contributed by atoms with Crippen molar-refractivity contribution in [2.75, 3.05) is 0 Å². The highest BCUT2D eigenvalue weighted by Gasteiger charge is 2.39. The number of carbonyl (C=O) groups is 3. The first-order valence-corrected chi connectivity index (χ1v) is 6.62. The van der Waals surface area contributed by atoms with Crippen LogP contribution < -0.4 is 5.32 Å². The maximum Gasteiger partial charge on any atom is 0.411 e. The predicted octanol–water partition coefficient (Wildman–Crippen LogP) is 1.66. The molecule has 0 heterocycles. The highest BCUT2D eigenvalue weighted by Crippen LogP contribution is 2.33. The molecular weight excluding hydrogens is 266 g/mol. The fourth-order valence-electron chi connectivity index (χ4n) is 2.13. The van der Waals surface area contributed by atoms with Crippen LogP contribution in [0.2, 0.25) is 0 Å². The Balaban J connectivity index is 2.53. The van der Waals surface area contributed by atoms with Gasteiger partial charge in [0.15, 0.2) is 0 Å². The van der Waals surface area contributed by atoms with Crippen LogP contribution in [0.15, 0.2) is 0 Å². The Morgan fingerprint density at radius 3 is 2.35 bits per heavy atom. The molecule has 1 fully saturated rings. The molecule has 20 heavy (non-hydrogen) atoms. The maximum absolute atomic E-state index is 11.7. The van der Waals surface area contributed by atoms with Gasteiger partial charge in [0.2, 0.25) is 6.29 Å². The average Bonchev–Trinajstić information content (AvgIpc) is 2.21. The molecule has 0 unspecified atom stereocenters. The summed E-state index contributed by atoms with van der Waals surface area (Å²) in [6.45, 7) is 4.02. The van der Waals surface area contributed by atoms with E-state index in [1.807, 2.05) is 0 Å². The molecule has 1 rings (SSSR count). The van der Waals surface area contributed by atoms with E-state index in [4.69, 9.17) is 4.74 Å². The number of alkyl carbamates (subject to hydrolysis) is 1. The molecule has 0 aromatic heterocycles. The van der Waals surface area contributed by atoms with E-state index in [-0.39, 0.29) is 0 Å². The lowest BCUT2D eigenvalue weighted by Gasteiger charge is -2.34. The number of carboxylic acids is 1. The van der Waals surface area contributed by atoms with E-state index in [9.17, 15) is 19.5 Å². The monoisotopic (exact) mass is 287 g/mol. The van der Waals surface area contributed by atoms with Crippen LogP contribution in [-0.4, -0.2) is 35.0 Å². The lowest BCUT2D eigenvalue weighted by molar-refractivity contribution is -0.163. The van der Waals surface area contributed by atoms with E-state index in [0.717, 1.165) is 19.3 Å². The summed E-state index contributed by atoms with van der Waals surface area (Å²) in [7, 11) is 0. The van der Waals surface area contributed by atoms with Crippen molar-refractivity contribution in [3.05, 3.63) is 0 Å². The number of carbonyl (C=O) groups excluding carboxylic acids is 2. The quantitative estimate of drug-likeness (QED) is 0.569. The molecule has 114 valence electrons. The Morgan fingerprint density at radius 1 is 1.35 bits per heavy atom. The Bertz CT molecular complexity index is 392. The zero-order chi connectivity index (χ0) is 15.3. The maximum atomic E-state index is 11.7. The highest BCUT2D eigenvalue weighted by molar-refractivity contribution is 5.84. The van der Waals surface area contributed by atoms with E-state index >= 15 is 0 Å².